The minimum absolute atomic E-state index is 0.0220. The van der Waals surface area contributed by atoms with Gasteiger partial charge in [0.25, 0.3) is 0 Å². The largest absolute Gasteiger partial charge is 0.465 e. The number of Topliss-reactive ketones (excluding diaryl/α,β-unsaturated/α-hetero) is 1. The lowest BCUT2D eigenvalue weighted by Crippen LogP contribution is -2.41. The summed E-state index contributed by atoms with van der Waals surface area (Å²) < 4.78 is 10.4. The summed E-state index contributed by atoms with van der Waals surface area (Å²) in [6, 6.07) is 7.42. The lowest BCUT2D eigenvalue weighted by Gasteiger charge is -2.30. The van der Waals surface area contributed by atoms with Crippen molar-refractivity contribution in [3.05, 3.63) is 35.4 Å². The van der Waals surface area contributed by atoms with E-state index >= 15 is 0 Å². The summed E-state index contributed by atoms with van der Waals surface area (Å²) in [5, 5.41) is 0. The van der Waals surface area contributed by atoms with Crippen molar-refractivity contribution in [1.29, 1.82) is 0 Å². The van der Waals surface area contributed by atoms with E-state index in [2.05, 4.69) is 0 Å². The molecule has 1 aliphatic heterocycles. The fraction of sp³-hybridized carbons (Fsp3) is 0.500. The van der Waals surface area contributed by atoms with Crippen molar-refractivity contribution in [2.75, 3.05) is 6.61 Å². The van der Waals surface area contributed by atoms with Crippen molar-refractivity contribution in [1.82, 2.24) is 0 Å². The smallest absolute Gasteiger partial charge is 0.321 e. The second-order valence-electron chi connectivity index (χ2n) is 6.61. The molecule has 2 aliphatic rings. The molecular formula is C18H20O5. The Kier molecular flexibility index (Phi) is 3.74. The van der Waals surface area contributed by atoms with Crippen LogP contribution in [0, 0.1) is 17.8 Å². The van der Waals surface area contributed by atoms with Crippen molar-refractivity contribution >= 4 is 17.7 Å². The summed E-state index contributed by atoms with van der Waals surface area (Å²) in [5.74, 6) is -3.21. The molecule has 0 radical (unpaired) electrons. The van der Waals surface area contributed by atoms with Crippen LogP contribution >= 0.6 is 0 Å². The Balaban J connectivity index is 1.97. The summed E-state index contributed by atoms with van der Waals surface area (Å²) in [6.45, 7) is 5.39. The summed E-state index contributed by atoms with van der Waals surface area (Å²) in [7, 11) is 0. The number of rotatable bonds is 3. The highest BCUT2D eigenvalue weighted by Gasteiger charge is 2.59. The third-order valence-corrected chi connectivity index (χ3v) is 4.81. The average Bonchev–Trinajstić information content (AvgIpc) is 2.93. The minimum atomic E-state index is -1.03. The van der Waals surface area contributed by atoms with Gasteiger partial charge in [0.15, 0.2) is 11.7 Å². The number of hydrogen-bond acceptors (Lipinski definition) is 5. The van der Waals surface area contributed by atoms with Crippen LogP contribution in [0.2, 0.25) is 0 Å². The van der Waals surface area contributed by atoms with E-state index in [0.29, 0.717) is 12.0 Å². The van der Waals surface area contributed by atoms with Gasteiger partial charge in [-0.1, -0.05) is 24.3 Å². The van der Waals surface area contributed by atoms with E-state index in [1.807, 2.05) is 18.2 Å². The molecule has 1 aromatic carbocycles. The van der Waals surface area contributed by atoms with Crippen molar-refractivity contribution < 1.29 is 23.9 Å². The molecule has 1 aromatic rings. The molecule has 0 unspecified atom stereocenters. The molecule has 5 nitrogen and oxygen atoms in total. The van der Waals surface area contributed by atoms with Gasteiger partial charge in [0.2, 0.25) is 0 Å². The maximum atomic E-state index is 12.8. The summed E-state index contributed by atoms with van der Waals surface area (Å²) in [5.41, 5.74) is 0.757. The van der Waals surface area contributed by atoms with Gasteiger partial charge in [-0.2, -0.15) is 0 Å². The number of fused-ring (bicyclic) bond motifs is 1. The molecule has 1 heterocycles. The van der Waals surface area contributed by atoms with Crippen molar-refractivity contribution in [3.63, 3.8) is 0 Å². The maximum absolute atomic E-state index is 12.8. The standard InChI is InChI=1S/C18H20O5/c1-4-22-16(20)13-14(18(2,3)23-17(13)21)12-9-10-7-5-6-8-11(10)15(12)19/h5-8,12-14H,4,9H2,1-3H3/t12-,13+,14-/m0/s1. The predicted molar refractivity (Wildman–Crippen MR) is 81.8 cm³/mol. The number of ketones is 1. The Labute approximate surface area is 135 Å². The van der Waals surface area contributed by atoms with Crippen LogP contribution in [0.4, 0.5) is 0 Å². The Morgan fingerprint density at radius 1 is 1.30 bits per heavy atom. The van der Waals surface area contributed by atoms with Gasteiger partial charge in [-0.15, -0.1) is 0 Å². The topological polar surface area (TPSA) is 69.7 Å². The molecule has 122 valence electrons. The van der Waals surface area contributed by atoms with Gasteiger partial charge in [0, 0.05) is 17.4 Å². The van der Waals surface area contributed by atoms with Crippen LogP contribution in [-0.4, -0.2) is 29.9 Å². The van der Waals surface area contributed by atoms with Crippen LogP contribution in [0.15, 0.2) is 24.3 Å². The molecule has 1 aliphatic carbocycles. The van der Waals surface area contributed by atoms with E-state index in [1.54, 1.807) is 26.8 Å². The second-order valence-corrected chi connectivity index (χ2v) is 6.61. The quantitative estimate of drug-likeness (QED) is 0.631. The first kappa shape index (κ1) is 15.7. The fourth-order valence-corrected chi connectivity index (χ4v) is 3.89. The molecule has 0 saturated carbocycles. The summed E-state index contributed by atoms with van der Waals surface area (Å²) in [6.07, 6.45) is 0.523. The SMILES string of the molecule is CCOC(=O)[C@@H]1C(=O)OC(C)(C)[C@H]1[C@@H]1Cc2ccccc2C1=O. The molecule has 0 amide bonds. The van der Waals surface area contributed by atoms with E-state index in [4.69, 9.17) is 9.47 Å². The summed E-state index contributed by atoms with van der Waals surface area (Å²) >= 11 is 0. The number of carbonyl (C=O) groups is 3. The van der Waals surface area contributed by atoms with Gasteiger partial charge in [0.1, 0.15) is 5.60 Å². The number of hydrogen-bond donors (Lipinski definition) is 0. The Morgan fingerprint density at radius 2 is 2.00 bits per heavy atom. The Bertz CT molecular complexity index is 676. The lowest BCUT2D eigenvalue weighted by molar-refractivity contribution is -0.157. The zero-order valence-electron chi connectivity index (χ0n) is 13.5. The van der Waals surface area contributed by atoms with E-state index in [1.165, 1.54) is 0 Å². The van der Waals surface area contributed by atoms with Crippen LogP contribution in [-0.2, 0) is 25.5 Å². The molecule has 0 aromatic heterocycles. The van der Waals surface area contributed by atoms with Gasteiger partial charge in [-0.25, -0.2) is 0 Å². The maximum Gasteiger partial charge on any atom is 0.321 e. The molecule has 23 heavy (non-hydrogen) atoms. The second kappa shape index (κ2) is 5.48. The van der Waals surface area contributed by atoms with E-state index < -0.39 is 35.3 Å². The van der Waals surface area contributed by atoms with E-state index in [0.717, 1.165) is 5.56 Å². The molecule has 0 bridgehead atoms. The molecule has 3 atom stereocenters. The summed E-state index contributed by atoms with van der Waals surface area (Å²) in [4.78, 5) is 37.3. The van der Waals surface area contributed by atoms with Crippen molar-refractivity contribution in [3.8, 4) is 0 Å². The van der Waals surface area contributed by atoms with Crippen LogP contribution < -0.4 is 0 Å². The van der Waals surface area contributed by atoms with Crippen molar-refractivity contribution in [2.24, 2.45) is 17.8 Å². The average molecular weight is 316 g/mol. The third kappa shape index (κ3) is 2.44. The number of carbonyl (C=O) groups excluding carboxylic acids is 3. The van der Waals surface area contributed by atoms with E-state index in [-0.39, 0.29) is 12.4 Å². The van der Waals surface area contributed by atoms with Gasteiger partial charge in [-0.05, 0) is 32.8 Å². The van der Waals surface area contributed by atoms with Crippen LogP contribution in [0.1, 0.15) is 36.7 Å². The van der Waals surface area contributed by atoms with Gasteiger partial charge in [0.05, 0.1) is 6.61 Å². The third-order valence-electron chi connectivity index (χ3n) is 4.81. The molecule has 1 fully saturated rings. The first-order valence-corrected chi connectivity index (χ1v) is 7.88. The monoisotopic (exact) mass is 316 g/mol. The molecule has 5 heteroatoms. The number of benzene rings is 1. The van der Waals surface area contributed by atoms with Gasteiger partial charge in [-0.3, -0.25) is 14.4 Å². The molecule has 0 spiro atoms. The molecule has 1 saturated heterocycles. The fourth-order valence-electron chi connectivity index (χ4n) is 3.89. The van der Waals surface area contributed by atoms with Crippen molar-refractivity contribution in [2.45, 2.75) is 32.8 Å². The minimum Gasteiger partial charge on any atom is -0.465 e. The number of esters is 2. The predicted octanol–water partition coefficient (Wildman–Crippen LogP) is 2.17. The van der Waals surface area contributed by atoms with Crippen LogP contribution in [0.25, 0.3) is 0 Å². The first-order chi connectivity index (χ1) is 10.9. The molecular weight excluding hydrogens is 296 g/mol. The zero-order chi connectivity index (χ0) is 16.8. The van der Waals surface area contributed by atoms with Gasteiger partial charge < -0.3 is 9.47 Å². The van der Waals surface area contributed by atoms with Crippen LogP contribution in [0.5, 0.6) is 0 Å². The Hall–Kier alpha value is -2.17. The highest BCUT2D eigenvalue weighted by atomic mass is 16.6. The Morgan fingerprint density at radius 3 is 2.65 bits per heavy atom. The molecule has 3 rings (SSSR count). The van der Waals surface area contributed by atoms with E-state index in [9.17, 15) is 14.4 Å². The highest BCUT2D eigenvalue weighted by Crippen LogP contribution is 2.46. The number of cyclic esters (lactones) is 1. The normalized spacial score (nSPS) is 28.4. The number of ether oxygens (including phenoxy) is 2. The zero-order valence-corrected chi connectivity index (χ0v) is 13.5. The first-order valence-electron chi connectivity index (χ1n) is 7.88. The van der Waals surface area contributed by atoms with Crippen LogP contribution in [0.3, 0.4) is 0 Å². The van der Waals surface area contributed by atoms with Gasteiger partial charge >= 0.3 is 11.9 Å². The lowest BCUT2D eigenvalue weighted by atomic mass is 9.72. The molecule has 0 N–H and O–H groups in total. The highest BCUT2D eigenvalue weighted by molar-refractivity contribution is 6.04.